The Kier molecular flexibility index (Phi) is 9.39. The number of ether oxygens (including phenoxy) is 2. The highest BCUT2D eigenvalue weighted by atomic mass is 16.5. The summed E-state index contributed by atoms with van der Waals surface area (Å²) < 4.78 is 11.0. The summed E-state index contributed by atoms with van der Waals surface area (Å²) in [7, 11) is 1.68. The fourth-order valence-corrected chi connectivity index (χ4v) is 3.60. The molecule has 1 fully saturated rings. The molecule has 0 aliphatic carbocycles. The normalized spacial score (nSPS) is 18.7. The molecule has 0 radical (unpaired) electrons. The molecule has 2 aromatic rings. The second-order valence-corrected chi connectivity index (χ2v) is 7.53. The van der Waals surface area contributed by atoms with Crippen molar-refractivity contribution < 1.29 is 19.7 Å². The van der Waals surface area contributed by atoms with Crippen molar-refractivity contribution in [1.82, 2.24) is 15.5 Å². The topological polar surface area (TPSA) is 98.2 Å². The van der Waals surface area contributed by atoms with Gasteiger partial charge in [0.15, 0.2) is 0 Å². The zero-order valence-corrected chi connectivity index (χ0v) is 18.1. The summed E-state index contributed by atoms with van der Waals surface area (Å²) in [6, 6.07) is 16.1. The average molecular weight is 431 g/mol. The van der Waals surface area contributed by atoms with E-state index in [4.69, 9.17) is 19.7 Å². The molecule has 170 valence electrons. The minimum atomic E-state index is 0.00629. The number of hydrogen-bond acceptors (Lipinski definition) is 8. The van der Waals surface area contributed by atoms with Crippen molar-refractivity contribution >= 4 is 5.69 Å². The molecule has 0 amide bonds. The van der Waals surface area contributed by atoms with E-state index in [9.17, 15) is 0 Å². The highest BCUT2D eigenvalue weighted by Crippen LogP contribution is 2.21. The molecule has 1 heterocycles. The lowest BCUT2D eigenvalue weighted by Gasteiger charge is -2.32. The highest BCUT2D eigenvalue weighted by Gasteiger charge is 2.21. The van der Waals surface area contributed by atoms with Gasteiger partial charge in [-0.15, -0.1) is 0 Å². The summed E-state index contributed by atoms with van der Waals surface area (Å²) in [5.41, 5.74) is 2.29. The number of aliphatic hydroxyl groups excluding tert-OH is 2. The number of nitrogens with one attached hydrogen (secondary N) is 3. The van der Waals surface area contributed by atoms with E-state index in [-0.39, 0.29) is 19.5 Å². The van der Waals surface area contributed by atoms with Crippen molar-refractivity contribution in [3.05, 3.63) is 54.1 Å². The van der Waals surface area contributed by atoms with Gasteiger partial charge in [0.05, 0.1) is 20.3 Å². The lowest BCUT2D eigenvalue weighted by molar-refractivity contribution is 0.141. The van der Waals surface area contributed by atoms with Gasteiger partial charge in [-0.3, -0.25) is 15.5 Å². The van der Waals surface area contributed by atoms with E-state index in [0.717, 1.165) is 30.3 Å². The van der Waals surface area contributed by atoms with Crippen LogP contribution in [0.15, 0.2) is 48.5 Å². The largest absolute Gasteiger partial charge is 0.497 e. The Balaban J connectivity index is 1.40. The molecule has 5 N–H and O–H groups in total. The Hall–Kier alpha value is -2.36. The standard InChI is InChI=1S/C23H34N4O4/c1-30-21-6-2-18(3-7-21)19-16-24-23(25-17-19)26-20-4-8-22(9-5-20)31-15-12-27(10-13-28)11-14-29/h2-9,19,23-26,28-29H,10-17H2,1H3. The minimum absolute atomic E-state index is 0.00629. The van der Waals surface area contributed by atoms with Crippen molar-refractivity contribution in [2.45, 2.75) is 12.2 Å². The van der Waals surface area contributed by atoms with Crippen molar-refractivity contribution in [3.63, 3.8) is 0 Å². The molecular weight excluding hydrogens is 396 g/mol. The highest BCUT2D eigenvalue weighted by molar-refractivity contribution is 5.47. The van der Waals surface area contributed by atoms with Crippen molar-refractivity contribution in [2.24, 2.45) is 0 Å². The van der Waals surface area contributed by atoms with Crippen LogP contribution in [0.5, 0.6) is 11.5 Å². The van der Waals surface area contributed by atoms with Crippen LogP contribution in [-0.4, -0.2) is 81.1 Å². The van der Waals surface area contributed by atoms with E-state index in [0.29, 0.717) is 32.2 Å². The first-order valence-electron chi connectivity index (χ1n) is 10.8. The van der Waals surface area contributed by atoms with E-state index >= 15 is 0 Å². The third kappa shape index (κ3) is 7.37. The third-order valence-corrected chi connectivity index (χ3v) is 5.40. The average Bonchev–Trinajstić information content (AvgIpc) is 2.81. The predicted octanol–water partition coefficient (Wildman–Crippen LogP) is 1.03. The minimum Gasteiger partial charge on any atom is -0.497 e. The lowest BCUT2D eigenvalue weighted by atomic mass is 9.97. The molecule has 8 heteroatoms. The maximum Gasteiger partial charge on any atom is 0.132 e. The molecule has 1 aliphatic rings. The molecule has 0 bridgehead atoms. The number of hydrogen-bond donors (Lipinski definition) is 5. The van der Waals surface area contributed by atoms with E-state index in [2.05, 4.69) is 28.1 Å². The fourth-order valence-electron chi connectivity index (χ4n) is 3.60. The van der Waals surface area contributed by atoms with Gasteiger partial charge in [0.2, 0.25) is 0 Å². The van der Waals surface area contributed by atoms with Crippen molar-refractivity contribution in [3.8, 4) is 11.5 Å². The van der Waals surface area contributed by atoms with Gasteiger partial charge in [-0.25, -0.2) is 0 Å². The number of aliphatic hydroxyl groups is 2. The molecule has 8 nitrogen and oxygen atoms in total. The first-order valence-corrected chi connectivity index (χ1v) is 10.8. The summed E-state index contributed by atoms with van der Waals surface area (Å²) in [5, 5.41) is 28.5. The summed E-state index contributed by atoms with van der Waals surface area (Å²) in [6.45, 7) is 4.15. The lowest BCUT2D eigenvalue weighted by Crippen LogP contribution is -2.55. The molecule has 2 aromatic carbocycles. The molecule has 3 rings (SSSR count). The number of methoxy groups -OCH3 is 1. The monoisotopic (exact) mass is 430 g/mol. The van der Waals surface area contributed by atoms with Crippen LogP contribution >= 0.6 is 0 Å². The summed E-state index contributed by atoms with van der Waals surface area (Å²) in [6.07, 6.45) is 0.00629. The van der Waals surface area contributed by atoms with Crippen LogP contribution in [0.25, 0.3) is 0 Å². The Morgan fingerprint density at radius 1 is 0.903 bits per heavy atom. The second-order valence-electron chi connectivity index (χ2n) is 7.53. The SMILES string of the molecule is COc1ccc(C2CNC(Nc3ccc(OCCN(CCO)CCO)cc3)NC2)cc1. The van der Waals surface area contributed by atoms with Gasteiger partial charge in [0.25, 0.3) is 0 Å². The molecule has 0 unspecified atom stereocenters. The van der Waals surface area contributed by atoms with Crippen LogP contribution in [0, 0.1) is 0 Å². The van der Waals surface area contributed by atoms with Crippen molar-refractivity contribution in [2.75, 3.05) is 65.0 Å². The van der Waals surface area contributed by atoms with Crippen molar-refractivity contribution in [1.29, 1.82) is 0 Å². The Bertz CT molecular complexity index is 743. The molecule has 0 aromatic heterocycles. The second kappa shape index (κ2) is 12.5. The Labute approximate surface area is 184 Å². The van der Waals surface area contributed by atoms with E-state index in [1.165, 1.54) is 5.56 Å². The summed E-state index contributed by atoms with van der Waals surface area (Å²) in [5.74, 6) is 2.08. The van der Waals surface area contributed by atoms with Gasteiger partial charge in [0, 0.05) is 44.3 Å². The molecule has 0 atom stereocenters. The molecule has 31 heavy (non-hydrogen) atoms. The molecule has 0 saturated carbocycles. The summed E-state index contributed by atoms with van der Waals surface area (Å²) >= 11 is 0. The summed E-state index contributed by atoms with van der Waals surface area (Å²) in [4.78, 5) is 1.97. The zero-order chi connectivity index (χ0) is 21.9. The van der Waals surface area contributed by atoms with E-state index in [1.54, 1.807) is 7.11 Å². The van der Waals surface area contributed by atoms with Crippen LogP contribution < -0.4 is 25.4 Å². The van der Waals surface area contributed by atoms with Gasteiger partial charge in [-0.1, -0.05) is 12.1 Å². The first kappa shape index (κ1) is 23.3. The Morgan fingerprint density at radius 2 is 1.52 bits per heavy atom. The van der Waals surface area contributed by atoms with Gasteiger partial charge in [-0.05, 0) is 42.0 Å². The zero-order valence-electron chi connectivity index (χ0n) is 18.1. The maximum atomic E-state index is 9.05. The van der Waals surface area contributed by atoms with Crippen LogP contribution in [-0.2, 0) is 0 Å². The van der Waals surface area contributed by atoms with Gasteiger partial charge in [-0.2, -0.15) is 0 Å². The van der Waals surface area contributed by atoms with Crippen LogP contribution in [0.4, 0.5) is 5.69 Å². The number of rotatable bonds is 12. The number of nitrogens with zero attached hydrogens (tertiary/aromatic N) is 1. The predicted molar refractivity (Wildman–Crippen MR) is 122 cm³/mol. The first-order chi connectivity index (χ1) is 15.2. The number of anilines is 1. The van der Waals surface area contributed by atoms with Crippen LogP contribution in [0.3, 0.4) is 0 Å². The third-order valence-electron chi connectivity index (χ3n) is 5.40. The van der Waals surface area contributed by atoms with Gasteiger partial charge >= 0.3 is 0 Å². The van der Waals surface area contributed by atoms with Gasteiger partial charge in [0.1, 0.15) is 24.4 Å². The maximum absolute atomic E-state index is 9.05. The molecular formula is C23H34N4O4. The van der Waals surface area contributed by atoms with Crippen LogP contribution in [0.1, 0.15) is 11.5 Å². The Morgan fingerprint density at radius 3 is 2.10 bits per heavy atom. The van der Waals surface area contributed by atoms with Crippen LogP contribution in [0.2, 0.25) is 0 Å². The quantitative estimate of drug-likeness (QED) is 0.341. The molecule has 0 spiro atoms. The molecule has 1 saturated heterocycles. The van der Waals surface area contributed by atoms with E-state index < -0.39 is 0 Å². The number of benzene rings is 2. The smallest absolute Gasteiger partial charge is 0.132 e. The van der Waals surface area contributed by atoms with Gasteiger partial charge < -0.3 is 25.0 Å². The molecule has 1 aliphatic heterocycles. The van der Waals surface area contributed by atoms with E-state index in [1.807, 2.05) is 41.3 Å². The fraction of sp³-hybridized carbons (Fsp3) is 0.478.